The molecular formula is C32H29NNaO5. The summed E-state index contributed by atoms with van der Waals surface area (Å²) in [7, 11) is 1.56. The predicted molar refractivity (Wildman–Crippen MR) is 150 cm³/mol. The zero-order valence-electron chi connectivity index (χ0n) is 22.1. The fraction of sp³-hybridized carbons (Fsp3) is 0.188. The van der Waals surface area contributed by atoms with Gasteiger partial charge in [-0.25, -0.2) is 4.79 Å². The van der Waals surface area contributed by atoms with Crippen molar-refractivity contribution >= 4 is 41.4 Å². The summed E-state index contributed by atoms with van der Waals surface area (Å²) in [6, 6.07) is 31.4. The number of hydrogen-bond acceptors (Lipinski definition) is 4. The van der Waals surface area contributed by atoms with Crippen LogP contribution in [-0.4, -0.2) is 64.6 Å². The number of nitrogens with zero attached hydrogens (tertiary/aromatic N) is 1. The van der Waals surface area contributed by atoms with Gasteiger partial charge in [0, 0.05) is 48.1 Å². The van der Waals surface area contributed by atoms with Crippen molar-refractivity contribution in [3.8, 4) is 11.5 Å². The van der Waals surface area contributed by atoms with Crippen molar-refractivity contribution in [2.24, 2.45) is 0 Å². The van der Waals surface area contributed by atoms with Crippen molar-refractivity contribution in [2.45, 2.75) is 31.5 Å². The minimum Gasteiger partial charge on any atom is -0.493 e. The van der Waals surface area contributed by atoms with Gasteiger partial charge in [-0.15, -0.1) is 0 Å². The quantitative estimate of drug-likeness (QED) is 0.322. The van der Waals surface area contributed by atoms with Gasteiger partial charge in [-0.3, -0.25) is 4.79 Å². The van der Waals surface area contributed by atoms with Crippen molar-refractivity contribution < 1.29 is 24.2 Å². The van der Waals surface area contributed by atoms with E-state index >= 15 is 0 Å². The van der Waals surface area contributed by atoms with Crippen LogP contribution in [0.5, 0.6) is 11.5 Å². The molecule has 1 aliphatic rings. The van der Waals surface area contributed by atoms with Crippen LogP contribution < -0.4 is 9.47 Å². The monoisotopic (exact) mass is 530 g/mol. The molecule has 6 nitrogen and oxygen atoms in total. The normalized spacial score (nSPS) is 14.2. The van der Waals surface area contributed by atoms with Crippen LogP contribution in [0, 0.1) is 0 Å². The van der Waals surface area contributed by atoms with E-state index in [2.05, 4.69) is 0 Å². The Morgan fingerprint density at radius 3 is 1.97 bits per heavy atom. The van der Waals surface area contributed by atoms with Gasteiger partial charge in [0.2, 0.25) is 5.91 Å². The van der Waals surface area contributed by atoms with Gasteiger partial charge in [0.25, 0.3) is 0 Å². The molecule has 1 heterocycles. The second-order valence-corrected chi connectivity index (χ2v) is 9.29. The molecule has 0 fully saturated rings. The van der Waals surface area contributed by atoms with E-state index in [9.17, 15) is 14.7 Å². The third-order valence-corrected chi connectivity index (χ3v) is 6.96. The number of carbonyl (C=O) groups is 2. The number of amides is 1. The Balaban J connectivity index is 0.00000353. The maximum absolute atomic E-state index is 14.1. The fourth-order valence-electron chi connectivity index (χ4n) is 5.05. The van der Waals surface area contributed by atoms with Gasteiger partial charge in [0.15, 0.2) is 11.5 Å². The number of aliphatic carboxylic acids is 1. The minimum atomic E-state index is -1.05. The Hall–Kier alpha value is -3.58. The first-order chi connectivity index (χ1) is 18.6. The molecule has 0 aliphatic carbocycles. The Bertz CT molecular complexity index is 1370. The molecule has 1 aliphatic heterocycles. The minimum absolute atomic E-state index is 0. The summed E-state index contributed by atoms with van der Waals surface area (Å²) in [5.74, 6) is -0.860. The van der Waals surface area contributed by atoms with Gasteiger partial charge in [-0.2, -0.15) is 0 Å². The molecule has 0 spiro atoms. The molecule has 0 saturated carbocycles. The first-order valence-electron chi connectivity index (χ1n) is 12.6. The van der Waals surface area contributed by atoms with Crippen molar-refractivity contribution in [1.29, 1.82) is 0 Å². The van der Waals surface area contributed by atoms with Gasteiger partial charge in [-0.1, -0.05) is 97.1 Å². The Labute approximate surface area is 250 Å². The summed E-state index contributed by atoms with van der Waals surface area (Å²) < 4.78 is 11.8. The second kappa shape index (κ2) is 13.0. The molecule has 1 radical (unpaired) electrons. The zero-order chi connectivity index (χ0) is 26.5. The second-order valence-electron chi connectivity index (χ2n) is 9.29. The van der Waals surface area contributed by atoms with Gasteiger partial charge in [0.05, 0.1) is 13.0 Å². The van der Waals surface area contributed by atoms with E-state index in [1.807, 2.05) is 103 Å². The average molecular weight is 531 g/mol. The number of benzene rings is 4. The van der Waals surface area contributed by atoms with Crippen molar-refractivity contribution in [1.82, 2.24) is 4.90 Å². The van der Waals surface area contributed by atoms with Gasteiger partial charge in [-0.05, 0) is 28.3 Å². The Kier molecular flexibility index (Phi) is 9.46. The largest absolute Gasteiger partial charge is 0.493 e. The number of carboxylic acid groups (broad SMARTS) is 1. The summed E-state index contributed by atoms with van der Waals surface area (Å²) in [5, 5.41) is 10.3. The van der Waals surface area contributed by atoms with Gasteiger partial charge >= 0.3 is 5.97 Å². The number of fused-ring (bicyclic) bond motifs is 1. The van der Waals surface area contributed by atoms with E-state index in [0.29, 0.717) is 18.1 Å². The van der Waals surface area contributed by atoms with Crippen LogP contribution in [-0.2, 0) is 29.2 Å². The molecule has 7 heteroatoms. The number of ether oxygens (including phenoxy) is 2. The first-order valence-corrected chi connectivity index (χ1v) is 12.6. The number of rotatable bonds is 8. The number of methoxy groups -OCH3 is 1. The molecule has 1 amide bonds. The summed E-state index contributed by atoms with van der Waals surface area (Å²) in [4.78, 5) is 28.2. The third-order valence-electron chi connectivity index (χ3n) is 6.96. The topological polar surface area (TPSA) is 76.1 Å². The van der Waals surface area contributed by atoms with E-state index in [0.717, 1.165) is 27.8 Å². The van der Waals surface area contributed by atoms with Crippen LogP contribution in [0.15, 0.2) is 103 Å². The molecule has 0 bridgehead atoms. The maximum Gasteiger partial charge on any atom is 0.326 e. The van der Waals surface area contributed by atoms with Crippen LogP contribution in [0.25, 0.3) is 0 Å². The van der Waals surface area contributed by atoms with E-state index < -0.39 is 17.9 Å². The molecule has 0 unspecified atom stereocenters. The number of carboxylic acids is 1. The van der Waals surface area contributed by atoms with E-state index in [1.54, 1.807) is 7.11 Å². The Morgan fingerprint density at radius 2 is 1.44 bits per heavy atom. The van der Waals surface area contributed by atoms with E-state index in [4.69, 9.17) is 9.47 Å². The van der Waals surface area contributed by atoms with E-state index in [-0.39, 0.29) is 48.4 Å². The number of carbonyl (C=O) groups excluding carboxylic acids is 1. The van der Waals surface area contributed by atoms with Crippen LogP contribution >= 0.6 is 0 Å². The molecule has 0 saturated heterocycles. The molecule has 4 aromatic rings. The molecule has 39 heavy (non-hydrogen) atoms. The molecule has 1 N–H and O–H groups in total. The van der Waals surface area contributed by atoms with Crippen molar-refractivity contribution in [3.63, 3.8) is 0 Å². The van der Waals surface area contributed by atoms with Crippen LogP contribution in [0.1, 0.15) is 33.7 Å². The predicted octanol–water partition coefficient (Wildman–Crippen LogP) is 5.06. The summed E-state index contributed by atoms with van der Waals surface area (Å²) in [5.41, 5.74) is 4.23. The van der Waals surface area contributed by atoms with Crippen LogP contribution in [0.4, 0.5) is 0 Å². The Morgan fingerprint density at radius 1 is 0.872 bits per heavy atom. The SMILES string of the molecule is COc1ccc2c(c1OCc1ccccc1)C[C@@H](C(=O)O)N(C(=O)C(c1ccccc1)c1ccccc1)C2.[Na]. The van der Waals surface area contributed by atoms with Crippen molar-refractivity contribution in [3.05, 3.63) is 131 Å². The first kappa shape index (κ1) is 28.4. The maximum atomic E-state index is 14.1. The zero-order valence-corrected chi connectivity index (χ0v) is 24.1. The molecule has 5 rings (SSSR count). The number of hydrogen-bond donors (Lipinski definition) is 1. The molecule has 1 atom stereocenters. The molecular weight excluding hydrogens is 501 g/mol. The summed E-state index contributed by atoms with van der Waals surface area (Å²) >= 11 is 0. The van der Waals surface area contributed by atoms with E-state index in [1.165, 1.54) is 4.90 Å². The van der Waals surface area contributed by atoms with Crippen LogP contribution in [0.3, 0.4) is 0 Å². The molecule has 4 aromatic carbocycles. The van der Waals surface area contributed by atoms with Crippen molar-refractivity contribution in [2.75, 3.05) is 7.11 Å². The van der Waals surface area contributed by atoms with Gasteiger partial charge in [0.1, 0.15) is 12.6 Å². The summed E-state index contributed by atoms with van der Waals surface area (Å²) in [6.07, 6.45) is 0.119. The fourth-order valence-corrected chi connectivity index (χ4v) is 5.05. The van der Waals surface area contributed by atoms with Crippen LogP contribution in [0.2, 0.25) is 0 Å². The average Bonchev–Trinajstić information content (AvgIpc) is 2.96. The summed E-state index contributed by atoms with van der Waals surface area (Å²) in [6.45, 7) is 0.477. The molecule has 0 aromatic heterocycles. The van der Waals surface area contributed by atoms with Gasteiger partial charge < -0.3 is 19.5 Å². The smallest absolute Gasteiger partial charge is 0.326 e. The third kappa shape index (κ3) is 6.19. The molecule has 193 valence electrons. The standard InChI is InChI=1S/C32H29NO5.Na/c1-37-28-18-17-25-20-33(31(34)29(23-13-7-3-8-14-23)24-15-9-4-10-16-24)27(32(35)36)19-26(25)30(28)38-21-22-11-5-2-6-12-22;/h2-18,27,29H,19-21H2,1H3,(H,35,36);/t27-;/m0./s1.